The molecule has 1 unspecified atom stereocenters. The first-order valence-electron chi connectivity index (χ1n) is 11.7. The molecule has 0 bridgehead atoms. The van der Waals surface area contributed by atoms with Crippen LogP contribution < -0.4 is 10.6 Å². The van der Waals surface area contributed by atoms with E-state index in [2.05, 4.69) is 34.9 Å². The number of ether oxygens (including phenoxy) is 1. The van der Waals surface area contributed by atoms with E-state index in [1.165, 1.54) is 11.1 Å². The van der Waals surface area contributed by atoms with E-state index >= 15 is 0 Å². The van der Waals surface area contributed by atoms with Crippen molar-refractivity contribution in [2.24, 2.45) is 5.92 Å². The van der Waals surface area contributed by atoms with Crippen LogP contribution in [0.5, 0.6) is 0 Å². The maximum absolute atomic E-state index is 12.5. The van der Waals surface area contributed by atoms with E-state index in [4.69, 9.17) is 9.84 Å². The van der Waals surface area contributed by atoms with Crippen molar-refractivity contribution >= 4 is 23.7 Å². The third kappa shape index (κ3) is 5.04. The average molecular weight is 471 g/mol. The maximum atomic E-state index is 12.5. The Balaban J connectivity index is 1.17. The van der Waals surface area contributed by atoms with Crippen LogP contribution in [0.15, 0.2) is 72.8 Å². The van der Waals surface area contributed by atoms with Gasteiger partial charge < -0.3 is 15.2 Å². The molecule has 5 rings (SSSR count). The lowest BCUT2D eigenvalue weighted by molar-refractivity contribution is -0.137. The molecule has 3 aromatic rings. The van der Waals surface area contributed by atoms with E-state index in [1.54, 1.807) is 24.3 Å². The molecule has 1 fully saturated rings. The quantitative estimate of drug-likeness (QED) is 0.428. The van der Waals surface area contributed by atoms with Gasteiger partial charge in [-0.25, -0.2) is 4.79 Å². The summed E-state index contributed by atoms with van der Waals surface area (Å²) in [5, 5.41) is 14.6. The highest BCUT2D eigenvalue weighted by Crippen LogP contribution is 2.44. The second-order valence-corrected chi connectivity index (χ2v) is 9.04. The minimum Gasteiger partial charge on any atom is -0.481 e. The number of carbonyl (C=O) groups excluding carboxylic acids is 2. The summed E-state index contributed by atoms with van der Waals surface area (Å²) in [6, 6.07) is 22.4. The molecule has 0 radical (unpaired) electrons. The van der Waals surface area contributed by atoms with Crippen LogP contribution in [0.3, 0.4) is 0 Å². The predicted octanol–water partition coefficient (Wildman–Crippen LogP) is 5.03. The van der Waals surface area contributed by atoms with Gasteiger partial charge in [0.25, 0.3) is 5.91 Å². The van der Waals surface area contributed by atoms with E-state index in [0.29, 0.717) is 11.3 Å². The molecule has 0 heterocycles. The molecular weight excluding hydrogens is 444 g/mol. The van der Waals surface area contributed by atoms with Gasteiger partial charge in [-0.3, -0.25) is 14.9 Å². The summed E-state index contributed by atoms with van der Waals surface area (Å²) in [5.41, 5.74) is 5.52. The Labute approximate surface area is 203 Å². The van der Waals surface area contributed by atoms with Crippen molar-refractivity contribution in [3.05, 3.63) is 89.5 Å². The molecule has 2 amide bonds. The third-order valence-corrected chi connectivity index (χ3v) is 6.64. The van der Waals surface area contributed by atoms with Gasteiger partial charge in [-0.1, -0.05) is 48.5 Å². The molecule has 7 nitrogen and oxygen atoms in total. The third-order valence-electron chi connectivity index (χ3n) is 6.64. The summed E-state index contributed by atoms with van der Waals surface area (Å²) in [5.74, 6) is -1.05. The Bertz CT molecular complexity index is 1220. The van der Waals surface area contributed by atoms with Gasteiger partial charge in [0.1, 0.15) is 6.61 Å². The van der Waals surface area contributed by atoms with Gasteiger partial charge >= 0.3 is 12.1 Å². The van der Waals surface area contributed by atoms with Crippen LogP contribution in [0.4, 0.5) is 10.5 Å². The number of carboxylic acids is 1. The van der Waals surface area contributed by atoms with Crippen molar-refractivity contribution in [2.75, 3.05) is 11.9 Å². The fourth-order valence-electron chi connectivity index (χ4n) is 4.73. The van der Waals surface area contributed by atoms with Crippen molar-refractivity contribution in [3.63, 3.8) is 0 Å². The van der Waals surface area contributed by atoms with E-state index in [1.807, 2.05) is 24.3 Å². The monoisotopic (exact) mass is 470 g/mol. The minimum atomic E-state index is -0.926. The summed E-state index contributed by atoms with van der Waals surface area (Å²) >= 11 is 0. The van der Waals surface area contributed by atoms with Crippen LogP contribution in [0.25, 0.3) is 11.1 Å². The molecule has 7 heteroatoms. The van der Waals surface area contributed by atoms with Gasteiger partial charge in [-0.15, -0.1) is 0 Å². The molecular formula is C28H26N2O5. The molecule has 2 aliphatic carbocycles. The number of carbonyl (C=O) groups is 3. The van der Waals surface area contributed by atoms with Crippen molar-refractivity contribution in [2.45, 2.75) is 31.2 Å². The second kappa shape index (κ2) is 9.62. The number of hydrogen-bond acceptors (Lipinski definition) is 4. The lowest BCUT2D eigenvalue weighted by Crippen LogP contribution is -2.38. The summed E-state index contributed by atoms with van der Waals surface area (Å²) in [6.45, 7) is 0.215. The molecule has 3 N–H and O–H groups in total. The highest BCUT2D eigenvalue weighted by atomic mass is 16.5. The molecule has 0 aromatic heterocycles. The number of nitrogens with one attached hydrogen (secondary N) is 2. The lowest BCUT2D eigenvalue weighted by atomic mass is 9.98. The SMILES string of the molecule is O=C(O)CC(NC(=O)c1ccc(NC(=O)OCC2c3ccccc3-c3ccccc32)cc1)C1CC1. The molecule has 0 saturated heterocycles. The predicted molar refractivity (Wildman–Crippen MR) is 131 cm³/mol. The lowest BCUT2D eigenvalue weighted by Gasteiger charge is -2.16. The van der Waals surface area contributed by atoms with E-state index in [0.717, 1.165) is 24.0 Å². The number of amides is 2. The number of anilines is 1. The smallest absolute Gasteiger partial charge is 0.411 e. The minimum absolute atomic E-state index is 0.0237. The van der Waals surface area contributed by atoms with Gasteiger partial charge in [0, 0.05) is 23.2 Å². The van der Waals surface area contributed by atoms with Gasteiger partial charge in [-0.2, -0.15) is 0 Å². The molecule has 0 spiro atoms. The topological polar surface area (TPSA) is 105 Å². The Kier molecular flexibility index (Phi) is 6.23. The first-order valence-corrected chi connectivity index (χ1v) is 11.7. The fourth-order valence-corrected chi connectivity index (χ4v) is 4.73. The maximum Gasteiger partial charge on any atom is 0.411 e. The normalized spacial score (nSPS) is 15.0. The highest BCUT2D eigenvalue weighted by molar-refractivity contribution is 5.95. The number of carboxylic acid groups (broad SMARTS) is 1. The van der Waals surface area contributed by atoms with Crippen LogP contribution in [0.2, 0.25) is 0 Å². The van der Waals surface area contributed by atoms with Crippen LogP contribution in [-0.4, -0.2) is 35.7 Å². The molecule has 178 valence electrons. The van der Waals surface area contributed by atoms with Crippen molar-refractivity contribution in [1.29, 1.82) is 0 Å². The van der Waals surface area contributed by atoms with E-state index < -0.39 is 12.1 Å². The molecule has 1 atom stereocenters. The number of aliphatic carboxylic acids is 1. The van der Waals surface area contributed by atoms with Crippen molar-refractivity contribution in [1.82, 2.24) is 5.32 Å². The second-order valence-electron chi connectivity index (χ2n) is 9.04. The van der Waals surface area contributed by atoms with Crippen LogP contribution in [0, 0.1) is 5.92 Å². The van der Waals surface area contributed by atoms with Crippen molar-refractivity contribution in [3.8, 4) is 11.1 Å². The molecule has 0 aliphatic heterocycles. The number of rotatable bonds is 8. The molecule has 35 heavy (non-hydrogen) atoms. The highest BCUT2D eigenvalue weighted by Gasteiger charge is 2.34. The first kappa shape index (κ1) is 22.7. The molecule has 2 aliphatic rings. The first-order chi connectivity index (χ1) is 17.0. The Morgan fingerprint density at radius 2 is 1.49 bits per heavy atom. The summed E-state index contributed by atoms with van der Waals surface area (Å²) in [4.78, 5) is 36.1. The summed E-state index contributed by atoms with van der Waals surface area (Å²) in [6.07, 6.45) is 1.21. The zero-order valence-corrected chi connectivity index (χ0v) is 19.1. The number of benzene rings is 3. The Hall–Kier alpha value is -4.13. The molecule has 3 aromatic carbocycles. The van der Waals surface area contributed by atoms with Crippen molar-refractivity contribution < 1.29 is 24.2 Å². The average Bonchev–Trinajstić information content (AvgIpc) is 3.65. The summed E-state index contributed by atoms with van der Waals surface area (Å²) < 4.78 is 5.56. The number of fused-ring (bicyclic) bond motifs is 3. The van der Waals surface area contributed by atoms with E-state index in [-0.39, 0.29) is 36.8 Å². The van der Waals surface area contributed by atoms with Crippen LogP contribution in [0.1, 0.15) is 46.7 Å². The Morgan fingerprint density at radius 3 is 2.06 bits per heavy atom. The zero-order chi connectivity index (χ0) is 24.4. The largest absolute Gasteiger partial charge is 0.481 e. The standard InChI is InChI=1S/C28H26N2O5/c31-26(32)15-25(17-9-10-17)30-27(33)18-11-13-19(14-12-18)29-28(34)35-16-24-22-7-3-1-5-20(22)21-6-2-4-8-23(21)24/h1-8,11-14,17,24-25H,9-10,15-16H2,(H,29,34)(H,30,33)(H,31,32). The summed E-state index contributed by atoms with van der Waals surface area (Å²) in [7, 11) is 0. The van der Waals surface area contributed by atoms with Gasteiger partial charge in [-0.05, 0) is 65.3 Å². The van der Waals surface area contributed by atoms with Gasteiger partial charge in [0.05, 0.1) is 6.42 Å². The van der Waals surface area contributed by atoms with Gasteiger partial charge in [0.2, 0.25) is 0 Å². The Morgan fingerprint density at radius 1 is 0.886 bits per heavy atom. The van der Waals surface area contributed by atoms with E-state index in [9.17, 15) is 14.4 Å². The fraction of sp³-hybridized carbons (Fsp3) is 0.250. The van der Waals surface area contributed by atoms with Gasteiger partial charge in [0.15, 0.2) is 0 Å². The molecule has 1 saturated carbocycles. The zero-order valence-electron chi connectivity index (χ0n) is 19.1. The van der Waals surface area contributed by atoms with Crippen LogP contribution >= 0.6 is 0 Å². The van der Waals surface area contributed by atoms with Crippen LogP contribution in [-0.2, 0) is 9.53 Å². The number of hydrogen-bond donors (Lipinski definition) is 3.